The van der Waals surface area contributed by atoms with Gasteiger partial charge in [-0.3, -0.25) is 9.69 Å². The first-order valence-electron chi connectivity index (χ1n) is 3.74. The highest BCUT2D eigenvalue weighted by Gasteiger charge is 2.10. The Morgan fingerprint density at radius 1 is 1.86 bits per heavy atom. The van der Waals surface area contributed by atoms with Crippen molar-refractivity contribution in [1.82, 2.24) is 4.37 Å². The number of hydrogen-bond acceptors (Lipinski definition) is 5. The number of nitriles is 1. The molecule has 0 atom stereocenters. The average molecular weight is 229 g/mol. The van der Waals surface area contributed by atoms with Crippen molar-refractivity contribution in [3.8, 4) is 6.07 Å². The Hall–Kier alpha value is -1.39. The van der Waals surface area contributed by atoms with Gasteiger partial charge in [-0.25, -0.2) is 4.79 Å². The van der Waals surface area contributed by atoms with Crippen molar-refractivity contribution in [1.29, 1.82) is 5.26 Å². The van der Waals surface area contributed by atoms with E-state index in [2.05, 4.69) is 14.4 Å². The van der Waals surface area contributed by atoms with Crippen LogP contribution in [0, 0.1) is 16.0 Å². The molecule has 1 heterocycles. The first-order valence-corrected chi connectivity index (χ1v) is 4.96. The summed E-state index contributed by atoms with van der Waals surface area (Å²) >= 11 is 5.92. The van der Waals surface area contributed by atoms with Crippen LogP contribution in [0.4, 0.5) is 9.80 Å². The van der Waals surface area contributed by atoms with Gasteiger partial charge in [0.1, 0.15) is 21.3 Å². The SMILES string of the molecule is CCOC(=O)Nc1s[nH]c(=S)c1C#N. The largest absolute Gasteiger partial charge is 0.450 e. The fourth-order valence-corrected chi connectivity index (χ4v) is 1.77. The summed E-state index contributed by atoms with van der Waals surface area (Å²) in [6.07, 6.45) is -0.589. The molecule has 74 valence electrons. The molecule has 0 saturated carbocycles. The normalized spacial score (nSPS) is 9.14. The summed E-state index contributed by atoms with van der Waals surface area (Å²) in [6.45, 7) is 1.98. The zero-order chi connectivity index (χ0) is 10.6. The fourth-order valence-electron chi connectivity index (χ4n) is 0.752. The number of aromatic nitrogens is 1. The fraction of sp³-hybridized carbons (Fsp3) is 0.286. The van der Waals surface area contributed by atoms with Crippen LogP contribution in [-0.4, -0.2) is 17.1 Å². The van der Waals surface area contributed by atoms with E-state index < -0.39 is 6.09 Å². The number of nitrogens with one attached hydrogen (secondary N) is 2. The number of H-pyrrole nitrogens is 1. The second kappa shape index (κ2) is 4.74. The second-order valence-electron chi connectivity index (χ2n) is 2.19. The molecule has 0 aliphatic carbocycles. The molecule has 1 aromatic heterocycles. The second-order valence-corrected chi connectivity index (χ2v) is 3.42. The van der Waals surface area contributed by atoms with E-state index in [4.69, 9.17) is 17.5 Å². The smallest absolute Gasteiger partial charge is 0.412 e. The number of carbonyl (C=O) groups excluding carboxylic acids is 1. The predicted octanol–water partition coefficient (Wildman–Crippen LogP) is 2.25. The van der Waals surface area contributed by atoms with Gasteiger partial charge in [0.05, 0.1) is 6.61 Å². The van der Waals surface area contributed by atoms with Gasteiger partial charge in [-0.2, -0.15) is 5.26 Å². The number of anilines is 1. The Bertz CT molecular complexity index is 429. The summed E-state index contributed by atoms with van der Waals surface area (Å²) in [5.74, 6) is 0. The van der Waals surface area contributed by atoms with Gasteiger partial charge < -0.3 is 4.74 Å². The maximum atomic E-state index is 11.0. The Kier molecular flexibility index (Phi) is 3.62. The van der Waals surface area contributed by atoms with Crippen molar-refractivity contribution in [2.45, 2.75) is 6.92 Å². The van der Waals surface area contributed by atoms with Gasteiger partial charge in [-0.1, -0.05) is 12.2 Å². The molecular formula is C7H7N3O2S2. The third-order valence-corrected chi connectivity index (χ3v) is 2.55. The van der Waals surface area contributed by atoms with Crippen molar-refractivity contribution < 1.29 is 9.53 Å². The number of carbonyl (C=O) groups is 1. The van der Waals surface area contributed by atoms with Gasteiger partial charge in [-0.15, -0.1) is 0 Å². The summed E-state index contributed by atoms with van der Waals surface area (Å²) in [6, 6.07) is 1.90. The van der Waals surface area contributed by atoms with Gasteiger partial charge in [-0.05, 0) is 18.5 Å². The maximum Gasteiger partial charge on any atom is 0.412 e. The van der Waals surface area contributed by atoms with Crippen molar-refractivity contribution in [3.63, 3.8) is 0 Å². The number of nitrogens with zero attached hydrogens (tertiary/aromatic N) is 1. The molecule has 0 radical (unpaired) electrons. The number of ether oxygens (including phenoxy) is 1. The summed E-state index contributed by atoms with van der Waals surface area (Å²) < 4.78 is 7.68. The van der Waals surface area contributed by atoms with Crippen LogP contribution in [0.1, 0.15) is 12.5 Å². The third-order valence-electron chi connectivity index (χ3n) is 1.30. The van der Waals surface area contributed by atoms with Crippen LogP contribution in [0.2, 0.25) is 0 Å². The molecule has 14 heavy (non-hydrogen) atoms. The first-order chi connectivity index (χ1) is 6.69. The first kappa shape index (κ1) is 10.7. The lowest BCUT2D eigenvalue weighted by Gasteiger charge is -2.01. The molecule has 0 saturated heterocycles. The van der Waals surface area contributed by atoms with Gasteiger partial charge >= 0.3 is 6.09 Å². The summed E-state index contributed by atoms with van der Waals surface area (Å²) in [5.41, 5.74) is 0.262. The average Bonchev–Trinajstić information content (AvgIpc) is 2.47. The minimum atomic E-state index is -0.589. The molecule has 0 aliphatic heterocycles. The third kappa shape index (κ3) is 2.31. The van der Waals surface area contributed by atoms with Crippen LogP contribution in [0.15, 0.2) is 0 Å². The Labute approximate surface area is 89.5 Å². The Morgan fingerprint density at radius 3 is 3.14 bits per heavy atom. The predicted molar refractivity (Wildman–Crippen MR) is 54.9 cm³/mol. The van der Waals surface area contributed by atoms with Crippen LogP contribution < -0.4 is 5.32 Å². The lowest BCUT2D eigenvalue weighted by atomic mass is 10.4. The molecule has 0 unspecified atom stereocenters. The molecule has 1 aromatic rings. The van der Waals surface area contributed by atoms with E-state index in [1.807, 2.05) is 6.07 Å². The van der Waals surface area contributed by atoms with Crippen LogP contribution in [0.25, 0.3) is 0 Å². The Morgan fingerprint density at radius 2 is 2.57 bits per heavy atom. The van der Waals surface area contributed by atoms with Gasteiger partial charge in [0.25, 0.3) is 0 Å². The highest BCUT2D eigenvalue weighted by Crippen LogP contribution is 2.20. The summed E-state index contributed by atoms with van der Waals surface area (Å²) in [7, 11) is 0. The van der Waals surface area contributed by atoms with Crippen LogP contribution >= 0.6 is 23.8 Å². The number of amides is 1. The van der Waals surface area contributed by atoms with Crippen LogP contribution in [0.3, 0.4) is 0 Å². The molecular weight excluding hydrogens is 222 g/mol. The lowest BCUT2D eigenvalue weighted by molar-refractivity contribution is 0.168. The molecule has 1 amide bonds. The molecule has 0 aromatic carbocycles. The topological polar surface area (TPSA) is 77.9 Å². The summed E-state index contributed by atoms with van der Waals surface area (Å²) in [4.78, 5) is 11.0. The number of aromatic amines is 1. The van der Waals surface area contributed by atoms with E-state index in [0.717, 1.165) is 11.5 Å². The highest BCUT2D eigenvalue weighted by molar-refractivity contribution is 7.71. The standard InChI is InChI=1S/C7H7N3O2S2/c1-2-12-7(11)9-6-4(3-8)5(13)10-14-6/h2H2,1H3,(H,9,11)(H,10,13). The molecule has 5 nitrogen and oxygen atoms in total. The molecule has 1 rings (SSSR count). The van der Waals surface area contributed by atoms with Crippen molar-refractivity contribution in [2.24, 2.45) is 0 Å². The summed E-state index contributed by atoms with van der Waals surface area (Å²) in [5, 5.41) is 11.5. The minimum Gasteiger partial charge on any atom is -0.450 e. The number of hydrogen-bond donors (Lipinski definition) is 2. The molecule has 0 fully saturated rings. The van der Waals surface area contributed by atoms with Crippen LogP contribution in [0.5, 0.6) is 0 Å². The van der Waals surface area contributed by atoms with E-state index in [-0.39, 0.29) is 12.2 Å². The molecule has 0 bridgehead atoms. The van der Waals surface area contributed by atoms with Crippen molar-refractivity contribution >= 4 is 34.8 Å². The monoisotopic (exact) mass is 229 g/mol. The minimum absolute atomic E-state index is 0.262. The zero-order valence-corrected chi connectivity index (χ0v) is 8.92. The molecule has 0 spiro atoms. The van der Waals surface area contributed by atoms with Gasteiger partial charge in [0.2, 0.25) is 0 Å². The van der Waals surface area contributed by atoms with Gasteiger partial charge in [0, 0.05) is 0 Å². The quantitative estimate of drug-likeness (QED) is 0.762. The molecule has 7 heteroatoms. The number of rotatable bonds is 2. The molecule has 2 N–H and O–H groups in total. The lowest BCUT2D eigenvalue weighted by Crippen LogP contribution is -2.12. The molecule has 0 aliphatic rings. The van der Waals surface area contributed by atoms with Crippen LogP contribution in [-0.2, 0) is 4.74 Å². The maximum absolute atomic E-state index is 11.0. The van der Waals surface area contributed by atoms with E-state index in [9.17, 15) is 4.79 Å². The zero-order valence-electron chi connectivity index (χ0n) is 7.29. The van der Waals surface area contributed by atoms with Gasteiger partial charge in [0.15, 0.2) is 0 Å². The van der Waals surface area contributed by atoms with Crippen molar-refractivity contribution in [2.75, 3.05) is 11.9 Å². The van der Waals surface area contributed by atoms with E-state index in [1.54, 1.807) is 6.92 Å². The highest BCUT2D eigenvalue weighted by atomic mass is 32.1. The van der Waals surface area contributed by atoms with E-state index in [0.29, 0.717) is 9.64 Å². The van der Waals surface area contributed by atoms with Crippen molar-refractivity contribution in [3.05, 3.63) is 10.2 Å². The van der Waals surface area contributed by atoms with E-state index >= 15 is 0 Å². The Balaban J connectivity index is 2.83. The van der Waals surface area contributed by atoms with E-state index in [1.165, 1.54) is 0 Å².